The van der Waals surface area contributed by atoms with E-state index in [1.807, 2.05) is 42.5 Å². The molecule has 146 valence electrons. The number of aryl methyl sites for hydroxylation is 1. The first-order valence-electron chi connectivity index (χ1n) is 9.66. The number of fused-ring (bicyclic) bond motifs is 1. The second-order valence-electron chi connectivity index (χ2n) is 7.28. The fourth-order valence-electron chi connectivity index (χ4n) is 4.25. The number of methoxy groups -OCH3 is 1. The van der Waals surface area contributed by atoms with E-state index in [1.165, 1.54) is 4.57 Å². The van der Waals surface area contributed by atoms with Crippen LogP contribution in [0.1, 0.15) is 37.7 Å². The molecule has 0 atom stereocenters. The van der Waals surface area contributed by atoms with Crippen LogP contribution < -0.4 is 15.8 Å². The smallest absolute Gasteiger partial charge is 0.419 e. The molecule has 6 nitrogen and oxygen atoms in total. The van der Waals surface area contributed by atoms with Crippen molar-refractivity contribution < 1.29 is 13.9 Å². The molecule has 1 aliphatic rings. The number of rotatable bonds is 6. The second kappa shape index (κ2) is 7.54. The van der Waals surface area contributed by atoms with Crippen LogP contribution in [0.5, 0.6) is 5.75 Å². The van der Waals surface area contributed by atoms with Crippen LogP contribution in [0, 0.1) is 0 Å². The Bertz CT molecular complexity index is 1040. The number of benzene rings is 2. The summed E-state index contributed by atoms with van der Waals surface area (Å²) in [6.07, 6.45) is 4.09. The highest BCUT2D eigenvalue weighted by Crippen LogP contribution is 2.42. The first-order valence-corrected chi connectivity index (χ1v) is 9.66. The van der Waals surface area contributed by atoms with Gasteiger partial charge >= 0.3 is 5.76 Å². The molecule has 0 saturated heterocycles. The lowest BCUT2D eigenvalue weighted by molar-refractivity contribution is -0.123. The normalized spacial score (nSPS) is 15.6. The molecule has 4 rings (SSSR count). The van der Waals surface area contributed by atoms with Gasteiger partial charge in [-0.25, -0.2) is 4.79 Å². The average molecular weight is 380 g/mol. The van der Waals surface area contributed by atoms with Gasteiger partial charge in [0, 0.05) is 18.5 Å². The van der Waals surface area contributed by atoms with Gasteiger partial charge in [0.2, 0.25) is 5.91 Å². The van der Waals surface area contributed by atoms with E-state index in [0.29, 0.717) is 11.1 Å². The van der Waals surface area contributed by atoms with Gasteiger partial charge in [-0.05, 0) is 31.0 Å². The molecule has 1 saturated carbocycles. The maximum absolute atomic E-state index is 12.8. The molecular weight excluding hydrogens is 356 g/mol. The fourth-order valence-corrected chi connectivity index (χ4v) is 4.25. The van der Waals surface area contributed by atoms with Crippen LogP contribution in [0.25, 0.3) is 11.1 Å². The lowest BCUT2D eigenvalue weighted by atomic mass is 9.87. The molecular formula is C22H24N2O4. The van der Waals surface area contributed by atoms with Crippen molar-refractivity contribution in [1.82, 2.24) is 9.88 Å². The van der Waals surface area contributed by atoms with Gasteiger partial charge in [0.05, 0.1) is 18.2 Å². The SMILES string of the molecule is COc1ccccc1C1(NC(=O)CCn2c(=O)oc3ccccc32)CCCC1. The van der Waals surface area contributed by atoms with Crippen molar-refractivity contribution in [3.8, 4) is 5.75 Å². The van der Waals surface area contributed by atoms with E-state index in [2.05, 4.69) is 5.32 Å². The fraction of sp³-hybridized carbons (Fsp3) is 0.364. The topological polar surface area (TPSA) is 73.5 Å². The maximum atomic E-state index is 12.8. The van der Waals surface area contributed by atoms with Gasteiger partial charge in [0.1, 0.15) is 5.75 Å². The van der Waals surface area contributed by atoms with E-state index in [9.17, 15) is 9.59 Å². The number of aromatic nitrogens is 1. The lowest BCUT2D eigenvalue weighted by Crippen LogP contribution is -2.44. The Hall–Kier alpha value is -3.02. The molecule has 0 radical (unpaired) electrons. The van der Waals surface area contributed by atoms with Crippen LogP contribution in [-0.2, 0) is 16.9 Å². The van der Waals surface area contributed by atoms with Crippen molar-refractivity contribution in [2.45, 2.75) is 44.2 Å². The van der Waals surface area contributed by atoms with Gasteiger partial charge < -0.3 is 14.5 Å². The maximum Gasteiger partial charge on any atom is 0.419 e. The Morgan fingerprint density at radius 3 is 2.64 bits per heavy atom. The largest absolute Gasteiger partial charge is 0.496 e. The Morgan fingerprint density at radius 1 is 1.14 bits per heavy atom. The van der Waals surface area contributed by atoms with Crippen molar-refractivity contribution in [1.29, 1.82) is 0 Å². The zero-order valence-electron chi connectivity index (χ0n) is 15.9. The summed E-state index contributed by atoms with van der Waals surface area (Å²) in [5, 5.41) is 3.25. The lowest BCUT2D eigenvalue weighted by Gasteiger charge is -2.32. The van der Waals surface area contributed by atoms with E-state index in [4.69, 9.17) is 9.15 Å². The number of nitrogens with zero attached hydrogens (tertiary/aromatic N) is 1. The second-order valence-corrected chi connectivity index (χ2v) is 7.28. The molecule has 0 bridgehead atoms. The van der Waals surface area contributed by atoms with E-state index < -0.39 is 11.3 Å². The number of hydrogen-bond acceptors (Lipinski definition) is 4. The Kier molecular flexibility index (Phi) is 4.94. The number of carbonyl (C=O) groups excluding carboxylic acids is 1. The summed E-state index contributed by atoms with van der Waals surface area (Å²) in [5.74, 6) is 0.279. The molecule has 28 heavy (non-hydrogen) atoms. The van der Waals surface area contributed by atoms with Gasteiger partial charge in [-0.1, -0.05) is 43.2 Å². The Morgan fingerprint density at radius 2 is 1.86 bits per heavy atom. The molecule has 0 unspecified atom stereocenters. The van der Waals surface area contributed by atoms with Gasteiger partial charge in [-0.2, -0.15) is 0 Å². The molecule has 1 aliphatic carbocycles. The minimum atomic E-state index is -0.436. The zero-order chi connectivity index (χ0) is 19.6. The molecule has 0 aliphatic heterocycles. The van der Waals surface area contributed by atoms with E-state index in [1.54, 1.807) is 13.2 Å². The highest BCUT2D eigenvalue weighted by Gasteiger charge is 2.38. The van der Waals surface area contributed by atoms with Gasteiger partial charge in [-0.15, -0.1) is 0 Å². The summed E-state index contributed by atoms with van der Waals surface area (Å²) in [6.45, 7) is 0.281. The molecule has 1 N–H and O–H groups in total. The number of ether oxygens (including phenoxy) is 1. The standard InChI is InChI=1S/C22H24N2O4/c1-27-18-10-4-2-8-16(18)22(13-6-7-14-22)23-20(25)12-15-24-17-9-3-5-11-19(17)28-21(24)26/h2-5,8-11H,6-7,12-15H2,1H3,(H,23,25). The van der Waals surface area contributed by atoms with Crippen LogP contribution in [0.15, 0.2) is 57.7 Å². The first kappa shape index (κ1) is 18.3. The van der Waals surface area contributed by atoms with Crippen LogP contribution in [0.3, 0.4) is 0 Å². The minimum Gasteiger partial charge on any atom is -0.496 e. The first-order chi connectivity index (χ1) is 13.6. The van der Waals surface area contributed by atoms with E-state index in [-0.39, 0.29) is 18.9 Å². The molecule has 3 aromatic rings. The van der Waals surface area contributed by atoms with Gasteiger partial charge in [0.15, 0.2) is 5.58 Å². The summed E-state index contributed by atoms with van der Waals surface area (Å²) in [5.41, 5.74) is 1.86. The summed E-state index contributed by atoms with van der Waals surface area (Å²) in [7, 11) is 1.65. The van der Waals surface area contributed by atoms with Gasteiger partial charge in [0.25, 0.3) is 0 Å². The minimum absolute atomic E-state index is 0.0787. The van der Waals surface area contributed by atoms with Gasteiger partial charge in [-0.3, -0.25) is 9.36 Å². The number of para-hydroxylation sites is 3. The highest BCUT2D eigenvalue weighted by molar-refractivity contribution is 5.78. The van der Waals surface area contributed by atoms with E-state index in [0.717, 1.165) is 37.0 Å². The summed E-state index contributed by atoms with van der Waals surface area (Å²) in [6, 6.07) is 15.1. The predicted molar refractivity (Wildman–Crippen MR) is 106 cm³/mol. The number of carbonyl (C=O) groups is 1. The Balaban J connectivity index is 1.53. The summed E-state index contributed by atoms with van der Waals surface area (Å²) in [4.78, 5) is 24.9. The van der Waals surface area contributed by atoms with Crippen molar-refractivity contribution in [2.24, 2.45) is 0 Å². The van der Waals surface area contributed by atoms with Crippen LogP contribution in [0.4, 0.5) is 0 Å². The average Bonchev–Trinajstić information content (AvgIpc) is 3.30. The van der Waals surface area contributed by atoms with Crippen molar-refractivity contribution in [2.75, 3.05) is 7.11 Å². The van der Waals surface area contributed by atoms with Crippen LogP contribution in [-0.4, -0.2) is 17.6 Å². The third-order valence-corrected chi connectivity index (χ3v) is 5.59. The predicted octanol–water partition coefficient (Wildman–Crippen LogP) is 3.58. The monoisotopic (exact) mass is 380 g/mol. The van der Waals surface area contributed by atoms with E-state index >= 15 is 0 Å². The number of amides is 1. The molecule has 1 aromatic heterocycles. The number of oxazole rings is 1. The van der Waals surface area contributed by atoms with Crippen LogP contribution >= 0.6 is 0 Å². The molecule has 2 aromatic carbocycles. The third-order valence-electron chi connectivity index (χ3n) is 5.59. The summed E-state index contributed by atoms with van der Waals surface area (Å²) >= 11 is 0. The molecule has 1 amide bonds. The molecule has 0 spiro atoms. The molecule has 1 heterocycles. The zero-order valence-corrected chi connectivity index (χ0v) is 15.9. The molecule has 6 heteroatoms. The number of hydrogen-bond donors (Lipinski definition) is 1. The summed E-state index contributed by atoms with van der Waals surface area (Å²) < 4.78 is 12.3. The van der Waals surface area contributed by atoms with Crippen molar-refractivity contribution in [3.63, 3.8) is 0 Å². The van der Waals surface area contributed by atoms with Crippen molar-refractivity contribution >= 4 is 17.0 Å². The number of nitrogens with one attached hydrogen (secondary N) is 1. The third kappa shape index (κ3) is 3.30. The van der Waals surface area contributed by atoms with Crippen molar-refractivity contribution in [3.05, 3.63) is 64.6 Å². The Labute approximate surface area is 163 Å². The molecule has 1 fully saturated rings. The quantitative estimate of drug-likeness (QED) is 0.709. The highest BCUT2D eigenvalue weighted by atomic mass is 16.5. The van der Waals surface area contributed by atoms with Crippen LogP contribution in [0.2, 0.25) is 0 Å².